The molecule has 0 aliphatic carbocycles. The highest BCUT2D eigenvalue weighted by atomic mass is 19.1. The maximum absolute atomic E-state index is 13.9. The van der Waals surface area contributed by atoms with Crippen molar-refractivity contribution in [3.05, 3.63) is 35.4 Å². The van der Waals surface area contributed by atoms with Crippen LogP contribution in [0.4, 0.5) is 4.39 Å². The van der Waals surface area contributed by atoms with E-state index in [4.69, 9.17) is 10.5 Å². The summed E-state index contributed by atoms with van der Waals surface area (Å²) < 4.78 is 21.2. The zero-order chi connectivity index (χ0) is 17.1. The highest BCUT2D eigenvalue weighted by molar-refractivity contribution is 5.74. The quantitative estimate of drug-likeness (QED) is 0.890. The lowest BCUT2D eigenvalue weighted by Gasteiger charge is -2.12. The second-order valence-electron chi connectivity index (χ2n) is 5.83. The summed E-state index contributed by atoms with van der Waals surface area (Å²) in [7, 11) is 0. The van der Waals surface area contributed by atoms with Gasteiger partial charge in [0, 0.05) is 30.3 Å². The first-order chi connectivity index (χ1) is 10.8. The minimum absolute atomic E-state index is 0.0369. The number of benzene rings is 1. The molecule has 1 aromatic heterocycles. The van der Waals surface area contributed by atoms with Crippen LogP contribution in [0.2, 0.25) is 0 Å². The number of rotatable bonds is 6. The molecule has 0 aliphatic rings. The van der Waals surface area contributed by atoms with Crippen molar-refractivity contribution in [1.29, 1.82) is 0 Å². The van der Waals surface area contributed by atoms with Crippen molar-refractivity contribution in [3.63, 3.8) is 0 Å². The van der Waals surface area contributed by atoms with Crippen LogP contribution in [0.15, 0.2) is 18.2 Å². The van der Waals surface area contributed by atoms with Gasteiger partial charge in [-0.3, -0.25) is 9.48 Å². The number of nitrogens with zero attached hydrogens (tertiary/aromatic N) is 2. The van der Waals surface area contributed by atoms with E-state index in [0.29, 0.717) is 17.9 Å². The van der Waals surface area contributed by atoms with Crippen LogP contribution in [0, 0.1) is 19.7 Å². The Hall–Kier alpha value is -2.37. The molecule has 0 spiro atoms. The molecule has 0 saturated heterocycles. The van der Waals surface area contributed by atoms with Crippen molar-refractivity contribution in [2.75, 3.05) is 0 Å². The molecule has 0 fully saturated rings. The van der Waals surface area contributed by atoms with Gasteiger partial charge in [-0.25, -0.2) is 4.39 Å². The molecule has 0 atom stereocenters. The van der Waals surface area contributed by atoms with Crippen LogP contribution in [-0.2, 0) is 11.3 Å². The molecule has 2 N–H and O–H groups in total. The Bertz CT molecular complexity index is 723. The van der Waals surface area contributed by atoms with Crippen molar-refractivity contribution in [3.8, 4) is 16.9 Å². The van der Waals surface area contributed by atoms with Gasteiger partial charge >= 0.3 is 0 Å². The summed E-state index contributed by atoms with van der Waals surface area (Å²) in [6, 6.07) is 4.63. The number of primary amides is 1. The molecule has 1 aromatic carbocycles. The minimum atomic E-state index is -0.377. The number of carbonyl (C=O) groups excluding carboxylic acids is 1. The topological polar surface area (TPSA) is 70.1 Å². The third kappa shape index (κ3) is 4.09. The Balaban J connectivity index is 2.41. The molecule has 124 valence electrons. The monoisotopic (exact) mass is 319 g/mol. The lowest BCUT2D eigenvalue weighted by Crippen LogP contribution is -2.15. The number of ether oxygens (including phenoxy) is 1. The molecule has 2 aromatic rings. The maximum atomic E-state index is 13.9. The fraction of sp³-hybridized carbons (Fsp3) is 0.412. The molecular formula is C17H22FN3O2. The second kappa shape index (κ2) is 6.81. The number of aromatic nitrogens is 2. The van der Waals surface area contributed by atoms with Crippen LogP contribution in [0.3, 0.4) is 0 Å². The molecule has 2 rings (SSSR count). The first-order valence-electron chi connectivity index (χ1n) is 7.58. The summed E-state index contributed by atoms with van der Waals surface area (Å²) in [6.07, 6.45) is 0.178. The summed E-state index contributed by atoms with van der Waals surface area (Å²) >= 11 is 0. The number of halogens is 1. The van der Waals surface area contributed by atoms with E-state index >= 15 is 0 Å². The first kappa shape index (κ1) is 17.0. The highest BCUT2D eigenvalue weighted by Gasteiger charge is 2.16. The summed E-state index contributed by atoms with van der Waals surface area (Å²) in [5.41, 5.74) is 8.38. The van der Waals surface area contributed by atoms with E-state index in [1.54, 1.807) is 10.7 Å². The van der Waals surface area contributed by atoms with Gasteiger partial charge in [-0.05, 0) is 45.4 Å². The maximum Gasteiger partial charge on any atom is 0.219 e. The van der Waals surface area contributed by atoms with Gasteiger partial charge in [0.25, 0.3) is 0 Å². The molecule has 0 aliphatic heterocycles. The van der Waals surface area contributed by atoms with E-state index in [0.717, 1.165) is 17.0 Å². The zero-order valence-electron chi connectivity index (χ0n) is 13.9. The first-order valence-corrected chi connectivity index (χ1v) is 7.58. The summed E-state index contributed by atoms with van der Waals surface area (Å²) in [6.45, 7) is 7.94. The van der Waals surface area contributed by atoms with Crippen molar-refractivity contribution in [2.45, 2.75) is 46.8 Å². The minimum Gasteiger partial charge on any atom is -0.491 e. The van der Waals surface area contributed by atoms with Crippen LogP contribution >= 0.6 is 0 Å². The lowest BCUT2D eigenvalue weighted by atomic mass is 10.0. The smallest absolute Gasteiger partial charge is 0.219 e. The summed E-state index contributed by atoms with van der Waals surface area (Å²) in [5.74, 6) is -0.252. The van der Waals surface area contributed by atoms with Gasteiger partial charge < -0.3 is 10.5 Å². The third-order valence-electron chi connectivity index (χ3n) is 3.48. The Morgan fingerprint density at radius 3 is 2.65 bits per heavy atom. The summed E-state index contributed by atoms with van der Waals surface area (Å²) in [5, 5.41) is 4.42. The number of aryl methyl sites for hydroxylation is 2. The zero-order valence-corrected chi connectivity index (χ0v) is 13.9. The Morgan fingerprint density at radius 2 is 2.04 bits per heavy atom. The normalized spacial score (nSPS) is 11.0. The van der Waals surface area contributed by atoms with Crippen LogP contribution < -0.4 is 10.5 Å². The molecular weight excluding hydrogens is 297 g/mol. The van der Waals surface area contributed by atoms with Crippen molar-refractivity contribution in [2.24, 2.45) is 5.73 Å². The fourth-order valence-electron chi connectivity index (χ4n) is 2.60. The molecule has 0 bridgehead atoms. The van der Waals surface area contributed by atoms with Gasteiger partial charge in [0.15, 0.2) is 0 Å². The van der Waals surface area contributed by atoms with Crippen molar-refractivity contribution < 1.29 is 13.9 Å². The van der Waals surface area contributed by atoms with Gasteiger partial charge in [0.2, 0.25) is 5.91 Å². The van der Waals surface area contributed by atoms with E-state index < -0.39 is 0 Å². The average molecular weight is 319 g/mol. The molecule has 1 amide bonds. The molecule has 6 heteroatoms. The Kier molecular flexibility index (Phi) is 5.03. The Morgan fingerprint density at radius 1 is 1.35 bits per heavy atom. The number of nitrogens with two attached hydrogens (primary N) is 1. The SMILES string of the molecule is Cc1nn(CCC(N)=O)c(C)c1-c1cc(F)cc(OC(C)C)c1. The molecule has 0 saturated carbocycles. The third-order valence-corrected chi connectivity index (χ3v) is 3.48. The predicted molar refractivity (Wildman–Crippen MR) is 86.7 cm³/mol. The number of hydrogen-bond acceptors (Lipinski definition) is 3. The van der Waals surface area contributed by atoms with Crippen molar-refractivity contribution in [1.82, 2.24) is 9.78 Å². The van der Waals surface area contributed by atoms with Crippen LogP contribution in [0.1, 0.15) is 31.7 Å². The molecule has 0 unspecified atom stereocenters. The van der Waals surface area contributed by atoms with Gasteiger partial charge in [0.05, 0.1) is 11.8 Å². The lowest BCUT2D eigenvalue weighted by molar-refractivity contribution is -0.118. The van der Waals surface area contributed by atoms with E-state index in [1.807, 2.05) is 27.7 Å². The van der Waals surface area contributed by atoms with Gasteiger partial charge in [0.1, 0.15) is 11.6 Å². The summed E-state index contributed by atoms with van der Waals surface area (Å²) in [4.78, 5) is 11.0. The molecule has 5 nitrogen and oxygen atoms in total. The Labute approximate surface area is 135 Å². The van der Waals surface area contributed by atoms with Gasteiger partial charge in [-0.1, -0.05) is 0 Å². The molecule has 23 heavy (non-hydrogen) atoms. The number of carbonyl (C=O) groups is 1. The van der Waals surface area contributed by atoms with E-state index in [9.17, 15) is 9.18 Å². The number of amides is 1. The second-order valence-corrected chi connectivity index (χ2v) is 5.83. The number of hydrogen-bond donors (Lipinski definition) is 1. The predicted octanol–water partition coefficient (Wildman–Crippen LogP) is 2.97. The van der Waals surface area contributed by atoms with E-state index in [-0.39, 0.29) is 24.2 Å². The highest BCUT2D eigenvalue weighted by Crippen LogP contribution is 2.31. The fourth-order valence-corrected chi connectivity index (χ4v) is 2.60. The largest absolute Gasteiger partial charge is 0.491 e. The van der Waals surface area contributed by atoms with Crippen LogP contribution in [0.5, 0.6) is 5.75 Å². The van der Waals surface area contributed by atoms with E-state index in [2.05, 4.69) is 5.10 Å². The van der Waals surface area contributed by atoms with Crippen LogP contribution in [0.25, 0.3) is 11.1 Å². The molecule has 1 heterocycles. The van der Waals surface area contributed by atoms with E-state index in [1.165, 1.54) is 12.1 Å². The molecule has 0 radical (unpaired) electrons. The average Bonchev–Trinajstić information content (AvgIpc) is 2.69. The standard InChI is InChI=1S/C17H22FN3O2/c1-10(2)23-15-8-13(7-14(18)9-15)17-11(3)20-21(12(17)4)6-5-16(19)22/h7-10H,5-6H2,1-4H3,(H2,19,22). The van der Waals surface area contributed by atoms with Crippen molar-refractivity contribution >= 4 is 5.91 Å². The van der Waals surface area contributed by atoms with Gasteiger partial charge in [-0.2, -0.15) is 5.10 Å². The van der Waals surface area contributed by atoms with Gasteiger partial charge in [-0.15, -0.1) is 0 Å². The van der Waals surface area contributed by atoms with Crippen LogP contribution in [-0.4, -0.2) is 21.8 Å².